The number of allylic oxidation sites excluding steroid dienone is 19. The van der Waals surface area contributed by atoms with Crippen LogP contribution in [0, 0.1) is 17.3 Å². The third-order valence-electron chi connectivity index (χ3n) is 13.2. The van der Waals surface area contributed by atoms with Crippen LogP contribution < -0.4 is 0 Å². The molecule has 2 atom stereocenters. The largest absolute Gasteiger partial charge is 0.134 e. The molecule has 0 radical (unpaired) electrons. The van der Waals surface area contributed by atoms with Crippen LogP contribution in [0.1, 0.15) is 89.0 Å². The summed E-state index contributed by atoms with van der Waals surface area (Å²) >= 11 is 1.92. The van der Waals surface area contributed by atoms with E-state index in [2.05, 4.69) is 192 Å². The van der Waals surface area contributed by atoms with Crippen molar-refractivity contribution in [1.29, 1.82) is 0 Å². The summed E-state index contributed by atoms with van der Waals surface area (Å²) in [7, 11) is 0. The number of hydrogen-bond donors (Lipinski definition) is 0. The predicted octanol–water partition coefficient (Wildman–Crippen LogP) is 16.7. The number of fused-ring (bicyclic) bond motifs is 6. The average Bonchev–Trinajstić information content (AvgIpc) is 3.31. The smallest absolute Gasteiger partial charge is 0.0434 e. The first-order valence-corrected chi connectivity index (χ1v) is 22.1. The Morgan fingerprint density at radius 3 is 2.21 bits per heavy atom. The number of rotatable bonds is 7. The molecule has 0 fully saturated rings. The molecule has 0 spiro atoms. The summed E-state index contributed by atoms with van der Waals surface area (Å²) in [5, 5.41) is 2.65. The topological polar surface area (TPSA) is 0 Å². The van der Waals surface area contributed by atoms with Gasteiger partial charge in [0.05, 0.1) is 0 Å². The molecule has 9 rings (SSSR count). The van der Waals surface area contributed by atoms with E-state index in [0.717, 1.165) is 32.1 Å². The van der Waals surface area contributed by atoms with E-state index in [1.807, 2.05) is 18.3 Å². The van der Waals surface area contributed by atoms with Crippen LogP contribution in [0.2, 0.25) is 0 Å². The van der Waals surface area contributed by atoms with Gasteiger partial charge >= 0.3 is 0 Å². The summed E-state index contributed by atoms with van der Waals surface area (Å²) in [5.41, 5.74) is 18.3. The van der Waals surface area contributed by atoms with E-state index in [1.54, 1.807) is 5.57 Å². The van der Waals surface area contributed by atoms with Crippen molar-refractivity contribution in [2.24, 2.45) is 17.3 Å². The van der Waals surface area contributed by atoms with Gasteiger partial charge in [0.25, 0.3) is 0 Å². The molecular weight excluding hydrogens is 717 g/mol. The fourth-order valence-corrected chi connectivity index (χ4v) is 11.5. The Morgan fingerprint density at radius 1 is 0.690 bits per heavy atom. The van der Waals surface area contributed by atoms with Gasteiger partial charge in [-0.1, -0.05) is 190 Å². The van der Waals surface area contributed by atoms with Crippen LogP contribution in [0.3, 0.4) is 0 Å². The van der Waals surface area contributed by atoms with Crippen molar-refractivity contribution < 1.29 is 0 Å². The maximum absolute atomic E-state index is 2.62. The molecule has 4 aromatic carbocycles. The molecule has 5 aromatic rings. The third-order valence-corrected chi connectivity index (χ3v) is 14.5. The highest BCUT2D eigenvalue weighted by Gasteiger charge is 2.37. The van der Waals surface area contributed by atoms with E-state index in [1.165, 1.54) is 87.0 Å². The first-order chi connectivity index (χ1) is 28.3. The summed E-state index contributed by atoms with van der Waals surface area (Å²) in [6, 6.07) is 31.8. The normalized spacial score (nSPS) is 20.0. The van der Waals surface area contributed by atoms with Crippen LogP contribution in [0.4, 0.5) is 0 Å². The zero-order chi connectivity index (χ0) is 39.8. The molecule has 288 valence electrons. The molecule has 4 aliphatic carbocycles. The van der Waals surface area contributed by atoms with E-state index in [-0.39, 0.29) is 5.41 Å². The van der Waals surface area contributed by atoms with Gasteiger partial charge in [-0.25, -0.2) is 0 Å². The Balaban J connectivity index is 1.07. The SMILES string of the molecule is C\C=C/C=C\C=C\c1cccc2c1sc1c(-c3ccccc3C3=CCC(C)C(C(C)(C)C4=CC5=C(CC=C4C)c4ccccc4C4=C(C=CCC4)C5)C=C3)cccc12. The van der Waals surface area contributed by atoms with Crippen LogP contribution in [-0.4, -0.2) is 0 Å². The first-order valence-electron chi connectivity index (χ1n) is 21.3. The first kappa shape index (κ1) is 38.0. The van der Waals surface area contributed by atoms with Crippen molar-refractivity contribution in [3.8, 4) is 11.1 Å². The minimum absolute atomic E-state index is 0.0650. The Morgan fingerprint density at radius 2 is 1.40 bits per heavy atom. The standard InChI is InChI=1S/C57H54S/c1-6-7-8-9-10-19-41-21-17-27-51-52-29-18-28-50(56(52)58-55(41)51)49-26-14-13-22-44(49)40-32-30-38(2)53(35-33-40)57(4,5)54-37-43-36-42-20-11-12-23-45(42)47-24-15-16-25-48(47)46(43)34-31-39(54)3/h6-11,13-22,24-29,31-33,35,37-38,53H,12,23,30,34,36H2,1-5H3/b7-6-,9-8-,19-10+. The molecule has 0 aliphatic heterocycles. The highest BCUT2D eigenvalue weighted by Crippen LogP contribution is 2.51. The lowest BCUT2D eigenvalue weighted by Gasteiger charge is -2.39. The van der Waals surface area contributed by atoms with Gasteiger partial charge < -0.3 is 0 Å². The van der Waals surface area contributed by atoms with Gasteiger partial charge in [-0.05, 0) is 124 Å². The van der Waals surface area contributed by atoms with Gasteiger partial charge in [-0.2, -0.15) is 0 Å². The lowest BCUT2D eigenvalue weighted by molar-refractivity contribution is 0.243. The molecule has 2 unspecified atom stereocenters. The van der Waals surface area contributed by atoms with Gasteiger partial charge in [0, 0.05) is 25.7 Å². The van der Waals surface area contributed by atoms with E-state index >= 15 is 0 Å². The summed E-state index contributed by atoms with van der Waals surface area (Å²) in [4.78, 5) is 0. The average molecular weight is 771 g/mol. The van der Waals surface area contributed by atoms with Crippen molar-refractivity contribution in [3.05, 3.63) is 202 Å². The van der Waals surface area contributed by atoms with Gasteiger partial charge in [-0.15, -0.1) is 11.3 Å². The van der Waals surface area contributed by atoms with Crippen LogP contribution in [0.25, 0.3) is 54.1 Å². The molecule has 0 amide bonds. The maximum Gasteiger partial charge on any atom is 0.0434 e. The van der Waals surface area contributed by atoms with Crippen LogP contribution >= 0.6 is 11.3 Å². The quantitative estimate of drug-likeness (QED) is 0.145. The Kier molecular flexibility index (Phi) is 10.5. The van der Waals surface area contributed by atoms with Crippen molar-refractivity contribution in [3.63, 3.8) is 0 Å². The molecule has 0 N–H and O–H groups in total. The predicted molar refractivity (Wildman–Crippen MR) is 256 cm³/mol. The lowest BCUT2D eigenvalue weighted by atomic mass is 9.65. The van der Waals surface area contributed by atoms with Gasteiger partial charge in [0.2, 0.25) is 0 Å². The fourth-order valence-electron chi connectivity index (χ4n) is 10.2. The van der Waals surface area contributed by atoms with Crippen molar-refractivity contribution in [2.45, 2.75) is 66.7 Å². The van der Waals surface area contributed by atoms with E-state index in [9.17, 15) is 0 Å². The van der Waals surface area contributed by atoms with Crippen LogP contribution in [-0.2, 0) is 0 Å². The molecule has 0 nitrogen and oxygen atoms in total. The van der Waals surface area contributed by atoms with Gasteiger partial charge in [-0.3, -0.25) is 0 Å². The molecule has 1 aromatic heterocycles. The zero-order valence-corrected chi connectivity index (χ0v) is 35.5. The monoisotopic (exact) mass is 770 g/mol. The Labute approximate surface area is 350 Å². The Hall–Kier alpha value is -5.50. The van der Waals surface area contributed by atoms with Crippen molar-refractivity contribution in [1.82, 2.24) is 0 Å². The highest BCUT2D eigenvalue weighted by atomic mass is 32.1. The molecule has 0 saturated carbocycles. The minimum atomic E-state index is -0.0650. The second-order valence-electron chi connectivity index (χ2n) is 17.1. The third kappa shape index (κ3) is 6.94. The zero-order valence-electron chi connectivity index (χ0n) is 34.7. The fraction of sp³-hybridized carbons (Fsp3) is 0.228. The molecule has 1 heteroatoms. The van der Waals surface area contributed by atoms with Crippen LogP contribution in [0.15, 0.2) is 180 Å². The summed E-state index contributed by atoms with van der Waals surface area (Å²) in [5.74, 6) is 0.857. The maximum atomic E-state index is 2.62. The summed E-state index contributed by atoms with van der Waals surface area (Å²) < 4.78 is 2.69. The Bertz CT molecular complexity index is 2750. The summed E-state index contributed by atoms with van der Waals surface area (Å²) in [6.45, 7) is 11.9. The highest BCUT2D eigenvalue weighted by molar-refractivity contribution is 7.26. The number of thiophene rings is 1. The van der Waals surface area contributed by atoms with E-state index in [4.69, 9.17) is 0 Å². The van der Waals surface area contributed by atoms with E-state index < -0.39 is 0 Å². The second kappa shape index (κ2) is 16.0. The number of hydrogen-bond acceptors (Lipinski definition) is 1. The van der Waals surface area contributed by atoms with Crippen molar-refractivity contribution >= 4 is 54.3 Å². The molecule has 0 saturated heterocycles. The summed E-state index contributed by atoms with van der Waals surface area (Å²) in [6.07, 6.45) is 35.4. The lowest BCUT2D eigenvalue weighted by Crippen LogP contribution is -2.30. The molecule has 1 heterocycles. The van der Waals surface area contributed by atoms with Crippen molar-refractivity contribution in [2.75, 3.05) is 0 Å². The number of benzene rings is 4. The molecular formula is C57H54S. The van der Waals surface area contributed by atoms with E-state index in [0.29, 0.717) is 11.8 Å². The molecule has 0 bridgehead atoms. The van der Waals surface area contributed by atoms with Gasteiger partial charge in [0.1, 0.15) is 0 Å². The second-order valence-corrected chi connectivity index (χ2v) is 18.1. The van der Waals surface area contributed by atoms with Crippen LogP contribution in [0.5, 0.6) is 0 Å². The molecule has 4 aliphatic rings. The minimum Gasteiger partial charge on any atom is -0.134 e. The molecule has 58 heavy (non-hydrogen) atoms. The van der Waals surface area contributed by atoms with Gasteiger partial charge in [0.15, 0.2) is 0 Å².